The van der Waals surface area contributed by atoms with Crippen molar-refractivity contribution in [2.24, 2.45) is 5.73 Å². The first kappa shape index (κ1) is 27.4. The fourth-order valence-corrected chi connectivity index (χ4v) is 4.52. The number of hydrogen-bond donors (Lipinski definition) is 2. The predicted octanol–water partition coefficient (Wildman–Crippen LogP) is 4.99. The number of nitrogens with one attached hydrogen (secondary N) is 1. The summed E-state index contributed by atoms with van der Waals surface area (Å²) in [5, 5.41) is 11.5. The molecule has 1 aromatic heterocycles. The number of halogens is 4. The molecule has 1 unspecified atom stereocenters. The molecule has 0 aliphatic carbocycles. The van der Waals surface area contributed by atoms with Gasteiger partial charge in [0.25, 0.3) is 0 Å². The molecule has 3 aromatic rings. The third-order valence-electron chi connectivity index (χ3n) is 6.31. The molecule has 1 fully saturated rings. The van der Waals surface area contributed by atoms with Gasteiger partial charge in [-0.2, -0.15) is 18.2 Å². The number of fused-ring (bicyclic) bond motifs is 1. The first-order valence-corrected chi connectivity index (χ1v) is 12.0. The highest BCUT2D eigenvalue weighted by Gasteiger charge is 2.36. The summed E-state index contributed by atoms with van der Waals surface area (Å²) in [7, 11) is 0. The van der Waals surface area contributed by atoms with Crippen LogP contribution >= 0.6 is 12.4 Å². The molecule has 0 spiro atoms. The molecular weight excluding hydrogens is 527 g/mol. The van der Waals surface area contributed by atoms with Crippen molar-refractivity contribution in [1.82, 2.24) is 15.0 Å². The van der Waals surface area contributed by atoms with Crippen LogP contribution in [0.5, 0.6) is 17.2 Å². The lowest BCUT2D eigenvalue weighted by molar-refractivity contribution is -0.138. The number of hydrogen-bond acceptors (Lipinski definition) is 7. The standard InChI is InChI=1S/C25H26F3N5O4.ClH/c26-25(27,28)17-14-16(22-31-23(37-32-22)18-4-1-9-33(18)24(29)30)6-8-19(17)34-10-2-3-15-5-7-20-21(13-15)36-12-11-35-20;/h5-8,13-14,18H,1-4,9-12H2,(H3,29,30);1H. The Morgan fingerprint density at radius 3 is 2.68 bits per heavy atom. The number of aryl methyl sites for hydroxylation is 1. The molecule has 0 radical (unpaired) electrons. The number of aromatic nitrogens is 2. The molecule has 1 atom stereocenters. The van der Waals surface area contributed by atoms with Crippen molar-refractivity contribution in [2.75, 3.05) is 26.4 Å². The van der Waals surface area contributed by atoms with Gasteiger partial charge >= 0.3 is 6.18 Å². The van der Waals surface area contributed by atoms with Gasteiger partial charge in [-0.25, -0.2) is 0 Å². The lowest BCUT2D eigenvalue weighted by Crippen LogP contribution is -2.35. The van der Waals surface area contributed by atoms with Crippen molar-refractivity contribution >= 4 is 18.4 Å². The van der Waals surface area contributed by atoms with Crippen LogP contribution in [0.3, 0.4) is 0 Å². The average molecular weight is 554 g/mol. The van der Waals surface area contributed by atoms with E-state index in [4.69, 9.17) is 29.9 Å². The summed E-state index contributed by atoms with van der Waals surface area (Å²) in [5.41, 5.74) is 5.83. The maximum Gasteiger partial charge on any atom is 0.419 e. The second-order valence-corrected chi connectivity index (χ2v) is 8.83. The average Bonchev–Trinajstić information content (AvgIpc) is 3.56. The first-order chi connectivity index (χ1) is 17.8. The molecule has 5 rings (SSSR count). The van der Waals surface area contributed by atoms with Crippen molar-refractivity contribution in [3.05, 3.63) is 53.4 Å². The second-order valence-electron chi connectivity index (χ2n) is 8.83. The third-order valence-corrected chi connectivity index (χ3v) is 6.31. The summed E-state index contributed by atoms with van der Waals surface area (Å²) in [4.78, 5) is 5.91. The van der Waals surface area contributed by atoms with E-state index in [0.29, 0.717) is 50.5 Å². The Balaban J connectivity index is 0.00000336. The first-order valence-electron chi connectivity index (χ1n) is 12.0. The Labute approximate surface area is 223 Å². The van der Waals surface area contributed by atoms with Crippen LogP contribution in [0.2, 0.25) is 0 Å². The van der Waals surface area contributed by atoms with Gasteiger partial charge in [-0.05, 0) is 61.6 Å². The van der Waals surface area contributed by atoms with Crippen LogP contribution < -0.4 is 19.9 Å². The largest absolute Gasteiger partial charge is 0.493 e. The molecule has 0 amide bonds. The number of ether oxygens (including phenoxy) is 3. The summed E-state index contributed by atoms with van der Waals surface area (Å²) in [6.45, 7) is 1.67. The molecule has 3 heterocycles. The zero-order chi connectivity index (χ0) is 26.0. The number of likely N-dealkylation sites (tertiary alicyclic amines) is 1. The molecule has 0 bridgehead atoms. The number of benzene rings is 2. The maximum atomic E-state index is 13.9. The van der Waals surface area contributed by atoms with Gasteiger partial charge in [0.15, 0.2) is 17.5 Å². The zero-order valence-corrected chi connectivity index (χ0v) is 21.1. The monoisotopic (exact) mass is 553 g/mol. The molecule has 9 nitrogen and oxygen atoms in total. The molecule has 38 heavy (non-hydrogen) atoms. The molecule has 13 heteroatoms. The fraction of sp³-hybridized carbons (Fsp3) is 0.400. The SMILES string of the molecule is Cl.N=C(N)N1CCCC1c1nc(-c2ccc(OCCCc3ccc4c(c3)OCCO4)c(C(F)(F)F)c2)no1. The van der Waals surface area contributed by atoms with E-state index in [1.54, 1.807) is 4.90 Å². The second kappa shape index (κ2) is 11.4. The van der Waals surface area contributed by atoms with Crippen LogP contribution in [0.1, 0.15) is 42.3 Å². The van der Waals surface area contributed by atoms with Gasteiger partial charge in [0.1, 0.15) is 25.0 Å². The minimum atomic E-state index is -4.63. The smallest absolute Gasteiger partial charge is 0.419 e. The number of nitrogens with two attached hydrogens (primary N) is 1. The highest BCUT2D eigenvalue weighted by atomic mass is 35.5. The van der Waals surface area contributed by atoms with E-state index in [-0.39, 0.29) is 54.0 Å². The summed E-state index contributed by atoms with van der Waals surface area (Å²) < 4.78 is 63.5. The number of nitrogens with zero attached hydrogens (tertiary/aromatic N) is 3. The number of rotatable bonds is 7. The van der Waals surface area contributed by atoms with Gasteiger partial charge in [0.05, 0.1) is 12.2 Å². The Hall–Kier alpha value is -3.67. The minimum absolute atomic E-state index is 0. The van der Waals surface area contributed by atoms with Crippen molar-refractivity contribution in [2.45, 2.75) is 37.9 Å². The highest BCUT2D eigenvalue weighted by Crippen LogP contribution is 2.39. The van der Waals surface area contributed by atoms with Crippen LogP contribution in [0.4, 0.5) is 13.2 Å². The van der Waals surface area contributed by atoms with Crippen LogP contribution in [-0.4, -0.2) is 47.4 Å². The molecule has 204 valence electrons. The van der Waals surface area contributed by atoms with Crippen molar-refractivity contribution in [3.8, 4) is 28.6 Å². The van der Waals surface area contributed by atoms with E-state index in [0.717, 1.165) is 18.1 Å². The molecule has 2 aliphatic heterocycles. The summed E-state index contributed by atoms with van der Waals surface area (Å²) >= 11 is 0. The minimum Gasteiger partial charge on any atom is -0.493 e. The lowest BCUT2D eigenvalue weighted by Gasteiger charge is -2.21. The van der Waals surface area contributed by atoms with E-state index < -0.39 is 11.7 Å². The van der Waals surface area contributed by atoms with E-state index in [2.05, 4.69) is 10.1 Å². The molecule has 0 saturated carbocycles. The summed E-state index contributed by atoms with van der Waals surface area (Å²) in [5.74, 6) is 1.23. The normalized spacial score (nSPS) is 16.7. The predicted molar refractivity (Wildman–Crippen MR) is 134 cm³/mol. The van der Waals surface area contributed by atoms with Gasteiger partial charge in [0, 0.05) is 12.1 Å². The van der Waals surface area contributed by atoms with Crippen LogP contribution in [0.15, 0.2) is 40.9 Å². The Kier molecular flexibility index (Phi) is 8.20. The van der Waals surface area contributed by atoms with Crippen LogP contribution in [0, 0.1) is 5.41 Å². The molecule has 3 N–H and O–H groups in total. The summed E-state index contributed by atoms with van der Waals surface area (Å²) in [6, 6.07) is 8.96. The number of guanidine groups is 1. The molecule has 1 saturated heterocycles. The van der Waals surface area contributed by atoms with Crippen molar-refractivity contribution in [1.29, 1.82) is 5.41 Å². The molecular formula is C25H27ClF3N5O4. The van der Waals surface area contributed by atoms with Crippen molar-refractivity contribution < 1.29 is 31.9 Å². The van der Waals surface area contributed by atoms with E-state index >= 15 is 0 Å². The number of alkyl halides is 3. The van der Waals surface area contributed by atoms with Gasteiger partial charge in [-0.15, -0.1) is 12.4 Å². The fourth-order valence-electron chi connectivity index (χ4n) is 4.52. The molecule has 2 aromatic carbocycles. The van der Waals surface area contributed by atoms with E-state index in [9.17, 15) is 13.2 Å². The van der Waals surface area contributed by atoms with E-state index in [1.165, 1.54) is 12.1 Å². The van der Waals surface area contributed by atoms with Gasteiger partial charge in [-0.1, -0.05) is 11.2 Å². The summed E-state index contributed by atoms with van der Waals surface area (Å²) in [6.07, 6.45) is -2.05. The van der Waals surface area contributed by atoms with Crippen molar-refractivity contribution in [3.63, 3.8) is 0 Å². The topological polar surface area (TPSA) is 120 Å². The Morgan fingerprint density at radius 2 is 1.92 bits per heavy atom. The van der Waals surface area contributed by atoms with E-state index in [1.807, 2.05) is 18.2 Å². The lowest BCUT2D eigenvalue weighted by atomic mass is 10.1. The quantitative estimate of drug-likeness (QED) is 0.238. The maximum absolute atomic E-state index is 13.9. The highest BCUT2D eigenvalue weighted by molar-refractivity contribution is 5.85. The third kappa shape index (κ3) is 5.90. The van der Waals surface area contributed by atoms with Gasteiger partial charge in [0.2, 0.25) is 11.7 Å². The Bertz CT molecular complexity index is 1290. The van der Waals surface area contributed by atoms with Crippen LogP contribution in [-0.2, 0) is 12.6 Å². The van der Waals surface area contributed by atoms with Gasteiger partial charge in [-0.3, -0.25) is 5.41 Å². The molecule has 2 aliphatic rings. The van der Waals surface area contributed by atoms with Crippen LogP contribution in [0.25, 0.3) is 11.4 Å². The van der Waals surface area contributed by atoms with Gasteiger partial charge < -0.3 is 29.4 Å². The zero-order valence-electron chi connectivity index (χ0n) is 20.3. The Morgan fingerprint density at radius 1 is 1.13 bits per heavy atom.